The third-order valence-electron chi connectivity index (χ3n) is 7.55. The Labute approximate surface area is 196 Å². The molecule has 2 fully saturated rings. The average molecular weight is 445 g/mol. The number of nitriles is 1. The fourth-order valence-corrected chi connectivity index (χ4v) is 5.91. The molecule has 1 unspecified atom stereocenters. The summed E-state index contributed by atoms with van der Waals surface area (Å²) in [5, 5.41) is 20.5. The molecule has 2 aliphatic heterocycles. The van der Waals surface area contributed by atoms with Crippen LogP contribution in [0.2, 0.25) is 0 Å². The summed E-state index contributed by atoms with van der Waals surface area (Å²) in [4.78, 5) is 19.7. The molecule has 5 rings (SSSR count). The number of benzene rings is 2. The van der Waals surface area contributed by atoms with E-state index >= 15 is 0 Å². The predicted molar refractivity (Wildman–Crippen MR) is 126 cm³/mol. The number of aliphatic hydroxyl groups is 1. The monoisotopic (exact) mass is 444 g/mol. The predicted octanol–water partition coefficient (Wildman–Crippen LogP) is 3.53. The molecule has 1 saturated carbocycles. The van der Waals surface area contributed by atoms with Crippen molar-refractivity contribution in [3.05, 3.63) is 70.8 Å². The SMILES string of the molecule is N#Cc1ccccc1CN1C(=O)N(CC(O)CN2CCc3ccccc3C2)[C@@H]2CCCC[C@H]21. The first kappa shape index (κ1) is 21.9. The Morgan fingerprint density at radius 1 is 0.970 bits per heavy atom. The number of urea groups is 1. The van der Waals surface area contributed by atoms with Crippen molar-refractivity contribution in [1.82, 2.24) is 14.7 Å². The average Bonchev–Trinajstić information content (AvgIpc) is 3.10. The topological polar surface area (TPSA) is 70.8 Å². The fourth-order valence-electron chi connectivity index (χ4n) is 5.91. The maximum atomic E-state index is 13.5. The maximum absolute atomic E-state index is 13.5. The van der Waals surface area contributed by atoms with Gasteiger partial charge in [-0.15, -0.1) is 0 Å². The van der Waals surface area contributed by atoms with E-state index in [1.54, 1.807) is 0 Å². The number of rotatable bonds is 6. The summed E-state index contributed by atoms with van der Waals surface area (Å²) in [7, 11) is 0. The van der Waals surface area contributed by atoms with Crippen LogP contribution in [0.25, 0.3) is 0 Å². The molecule has 2 aromatic rings. The van der Waals surface area contributed by atoms with E-state index in [1.807, 2.05) is 34.1 Å². The highest BCUT2D eigenvalue weighted by Crippen LogP contribution is 2.35. The summed E-state index contributed by atoms with van der Waals surface area (Å²) in [5.41, 5.74) is 4.26. The minimum atomic E-state index is -0.576. The van der Waals surface area contributed by atoms with Gasteiger partial charge in [0.1, 0.15) is 0 Å². The van der Waals surface area contributed by atoms with Gasteiger partial charge < -0.3 is 14.9 Å². The Morgan fingerprint density at radius 2 is 1.67 bits per heavy atom. The first-order valence-electron chi connectivity index (χ1n) is 12.2. The van der Waals surface area contributed by atoms with Gasteiger partial charge in [-0.25, -0.2) is 4.79 Å². The van der Waals surface area contributed by atoms with E-state index in [-0.39, 0.29) is 18.1 Å². The van der Waals surface area contributed by atoms with Crippen LogP contribution >= 0.6 is 0 Å². The number of aliphatic hydroxyl groups excluding tert-OH is 1. The van der Waals surface area contributed by atoms with E-state index in [2.05, 4.69) is 35.2 Å². The first-order valence-corrected chi connectivity index (χ1v) is 12.2. The van der Waals surface area contributed by atoms with E-state index in [9.17, 15) is 15.2 Å². The molecule has 0 bridgehead atoms. The summed E-state index contributed by atoms with van der Waals surface area (Å²) in [6, 6.07) is 18.6. The Hall–Kier alpha value is -2.88. The Bertz CT molecular complexity index is 1050. The van der Waals surface area contributed by atoms with Crippen LogP contribution in [0.5, 0.6) is 0 Å². The Morgan fingerprint density at radius 3 is 2.45 bits per heavy atom. The lowest BCUT2D eigenvalue weighted by Gasteiger charge is -2.34. The zero-order chi connectivity index (χ0) is 22.8. The molecule has 0 aromatic heterocycles. The molecule has 2 aromatic carbocycles. The smallest absolute Gasteiger partial charge is 0.321 e. The van der Waals surface area contributed by atoms with Gasteiger partial charge in [-0.2, -0.15) is 5.26 Å². The van der Waals surface area contributed by atoms with Crippen LogP contribution in [0.15, 0.2) is 48.5 Å². The molecular formula is C27H32N4O2. The fraction of sp³-hybridized carbons (Fsp3) is 0.481. The van der Waals surface area contributed by atoms with Crippen LogP contribution in [-0.4, -0.2) is 63.7 Å². The van der Waals surface area contributed by atoms with Crippen molar-refractivity contribution >= 4 is 6.03 Å². The molecule has 172 valence electrons. The summed E-state index contributed by atoms with van der Waals surface area (Å²) in [5.74, 6) is 0. The van der Waals surface area contributed by atoms with Gasteiger partial charge in [0.25, 0.3) is 0 Å². The molecule has 0 spiro atoms. The van der Waals surface area contributed by atoms with E-state index < -0.39 is 6.10 Å². The molecule has 6 heteroatoms. The van der Waals surface area contributed by atoms with Crippen LogP contribution in [0.3, 0.4) is 0 Å². The minimum Gasteiger partial charge on any atom is -0.390 e. The second-order valence-corrected chi connectivity index (χ2v) is 9.66. The van der Waals surface area contributed by atoms with Gasteiger partial charge in [0.2, 0.25) is 0 Å². The van der Waals surface area contributed by atoms with Crippen LogP contribution in [0.1, 0.15) is 47.9 Å². The third-order valence-corrected chi connectivity index (χ3v) is 7.55. The Kier molecular flexibility index (Phi) is 6.34. The van der Waals surface area contributed by atoms with Gasteiger partial charge in [0, 0.05) is 32.7 Å². The molecule has 0 radical (unpaired) electrons. The normalized spacial score (nSPS) is 23.7. The summed E-state index contributed by atoms with van der Waals surface area (Å²) < 4.78 is 0. The Balaban J connectivity index is 1.27. The number of hydrogen-bond acceptors (Lipinski definition) is 4. The van der Waals surface area contributed by atoms with Crippen molar-refractivity contribution < 1.29 is 9.90 Å². The molecule has 1 aliphatic carbocycles. The van der Waals surface area contributed by atoms with Gasteiger partial charge in [-0.3, -0.25) is 4.90 Å². The number of hydrogen-bond donors (Lipinski definition) is 1. The largest absolute Gasteiger partial charge is 0.390 e. The molecule has 2 amide bonds. The van der Waals surface area contributed by atoms with Crippen LogP contribution < -0.4 is 0 Å². The van der Waals surface area contributed by atoms with E-state index in [1.165, 1.54) is 11.1 Å². The number of nitrogens with zero attached hydrogens (tertiary/aromatic N) is 4. The maximum Gasteiger partial charge on any atom is 0.321 e. The lowest BCUT2D eigenvalue weighted by atomic mass is 9.90. The molecule has 6 nitrogen and oxygen atoms in total. The third kappa shape index (κ3) is 4.48. The first-order chi connectivity index (χ1) is 16.1. The van der Waals surface area contributed by atoms with Crippen molar-refractivity contribution in [1.29, 1.82) is 5.26 Å². The zero-order valence-electron chi connectivity index (χ0n) is 19.1. The van der Waals surface area contributed by atoms with Crippen LogP contribution in [-0.2, 0) is 19.5 Å². The van der Waals surface area contributed by atoms with Gasteiger partial charge in [0.15, 0.2) is 0 Å². The molecular weight excluding hydrogens is 412 g/mol. The second-order valence-electron chi connectivity index (χ2n) is 9.66. The summed E-state index contributed by atoms with van der Waals surface area (Å²) >= 11 is 0. The van der Waals surface area contributed by atoms with E-state index in [0.29, 0.717) is 25.2 Å². The van der Waals surface area contributed by atoms with E-state index in [0.717, 1.165) is 50.8 Å². The standard InChI is InChI=1S/C27H32N4O2/c28-15-21-8-2-4-10-23(21)17-30-25-11-5-6-12-26(25)31(27(30)33)19-24(32)18-29-14-13-20-7-1-3-9-22(20)16-29/h1-4,7-10,24-26,32H,5-6,11-14,16-19H2/t24?,25-,26-/m1/s1. The van der Waals surface area contributed by atoms with Crippen molar-refractivity contribution in [3.63, 3.8) is 0 Å². The highest BCUT2D eigenvalue weighted by atomic mass is 16.3. The molecule has 1 N–H and O–H groups in total. The zero-order valence-corrected chi connectivity index (χ0v) is 19.1. The number of β-amino-alcohol motifs (C(OH)–C–C–N with tert-alkyl or cyclic N) is 1. The highest BCUT2D eigenvalue weighted by molar-refractivity contribution is 5.78. The molecule has 3 atom stereocenters. The minimum absolute atomic E-state index is 0.00248. The lowest BCUT2D eigenvalue weighted by molar-refractivity contribution is 0.0689. The molecule has 2 heterocycles. The van der Waals surface area contributed by atoms with E-state index in [4.69, 9.17) is 0 Å². The number of fused-ring (bicyclic) bond motifs is 2. The lowest BCUT2D eigenvalue weighted by Crippen LogP contribution is -2.46. The molecule has 3 aliphatic rings. The van der Waals surface area contributed by atoms with Crippen molar-refractivity contribution in [2.24, 2.45) is 0 Å². The number of carbonyl (C=O) groups is 1. The van der Waals surface area contributed by atoms with Crippen LogP contribution in [0.4, 0.5) is 4.79 Å². The second kappa shape index (κ2) is 9.54. The van der Waals surface area contributed by atoms with Gasteiger partial charge >= 0.3 is 6.03 Å². The van der Waals surface area contributed by atoms with Crippen LogP contribution in [0, 0.1) is 11.3 Å². The quantitative estimate of drug-likeness (QED) is 0.740. The van der Waals surface area contributed by atoms with Crippen molar-refractivity contribution in [3.8, 4) is 6.07 Å². The van der Waals surface area contributed by atoms with Gasteiger partial charge in [-0.05, 0) is 42.0 Å². The summed E-state index contributed by atoms with van der Waals surface area (Å²) in [6.07, 6.45) is 4.63. The number of amides is 2. The summed E-state index contributed by atoms with van der Waals surface area (Å²) in [6.45, 7) is 3.19. The van der Waals surface area contributed by atoms with Gasteiger partial charge in [-0.1, -0.05) is 55.3 Å². The van der Waals surface area contributed by atoms with Crippen molar-refractivity contribution in [2.45, 2.75) is 63.4 Å². The highest BCUT2D eigenvalue weighted by Gasteiger charge is 2.46. The molecule has 1 saturated heterocycles. The number of carbonyl (C=O) groups excluding carboxylic acids is 1. The molecule has 33 heavy (non-hydrogen) atoms. The van der Waals surface area contributed by atoms with Gasteiger partial charge in [0.05, 0.1) is 29.8 Å². The van der Waals surface area contributed by atoms with Crippen molar-refractivity contribution in [2.75, 3.05) is 19.6 Å².